The summed E-state index contributed by atoms with van der Waals surface area (Å²) in [6, 6.07) is 12.2. The van der Waals surface area contributed by atoms with E-state index in [-0.39, 0.29) is 4.90 Å². The van der Waals surface area contributed by atoms with Gasteiger partial charge >= 0.3 is 0 Å². The molecule has 8 nitrogen and oxygen atoms in total. The summed E-state index contributed by atoms with van der Waals surface area (Å²) in [5.74, 6) is 1.28. The summed E-state index contributed by atoms with van der Waals surface area (Å²) in [6.07, 6.45) is 1.45. The molecule has 138 valence electrons. The summed E-state index contributed by atoms with van der Waals surface area (Å²) in [4.78, 5) is 12.1. The molecule has 0 spiro atoms. The summed E-state index contributed by atoms with van der Waals surface area (Å²) in [7, 11) is -0.546. The summed E-state index contributed by atoms with van der Waals surface area (Å²) in [5, 5.41) is 4.90. The Labute approximate surface area is 155 Å². The quantitative estimate of drug-likeness (QED) is 0.489. The molecular weight excluding hydrogens is 366 g/mol. The zero-order valence-corrected chi connectivity index (χ0v) is 15.5. The van der Waals surface area contributed by atoms with E-state index in [1.54, 1.807) is 25.3 Å². The van der Waals surface area contributed by atoms with Gasteiger partial charge in [-0.05, 0) is 31.3 Å². The highest BCUT2D eigenvalue weighted by atomic mass is 32.2. The van der Waals surface area contributed by atoms with Crippen molar-refractivity contribution in [1.29, 1.82) is 0 Å². The van der Waals surface area contributed by atoms with E-state index in [9.17, 15) is 8.42 Å². The van der Waals surface area contributed by atoms with Crippen LogP contribution in [0.3, 0.4) is 0 Å². The molecule has 0 saturated carbocycles. The lowest BCUT2D eigenvalue weighted by molar-refractivity contribution is 0.419. The van der Waals surface area contributed by atoms with Gasteiger partial charge in [-0.3, -0.25) is 0 Å². The van der Waals surface area contributed by atoms with Gasteiger partial charge in [-0.1, -0.05) is 18.2 Å². The Morgan fingerprint density at radius 3 is 2.70 bits per heavy atom. The molecule has 2 aromatic heterocycles. The van der Waals surface area contributed by atoms with Crippen molar-refractivity contribution in [2.45, 2.75) is 4.90 Å². The molecule has 4 rings (SSSR count). The molecule has 4 aromatic rings. The molecule has 27 heavy (non-hydrogen) atoms. The first kappa shape index (κ1) is 17.3. The minimum atomic E-state index is -3.53. The van der Waals surface area contributed by atoms with Crippen molar-refractivity contribution in [3.05, 3.63) is 48.8 Å². The van der Waals surface area contributed by atoms with Crippen LogP contribution < -0.4 is 14.8 Å². The van der Waals surface area contributed by atoms with E-state index < -0.39 is 10.0 Å². The SMILES string of the molecule is CNS(=O)(=O)c1cccc(Nc2ncnc3[nH]c4c(OC)cccc4c23)c1. The van der Waals surface area contributed by atoms with Crippen LogP contribution in [0.4, 0.5) is 11.5 Å². The second-order valence-corrected chi connectivity index (χ2v) is 7.70. The van der Waals surface area contributed by atoms with E-state index in [0.29, 0.717) is 22.9 Å². The maximum absolute atomic E-state index is 12.0. The average molecular weight is 383 g/mol. The van der Waals surface area contributed by atoms with Gasteiger partial charge in [-0.2, -0.15) is 0 Å². The molecule has 0 saturated heterocycles. The number of rotatable bonds is 5. The molecular formula is C18H17N5O3S. The number of H-pyrrole nitrogens is 1. The molecule has 0 bridgehead atoms. The van der Waals surface area contributed by atoms with Crippen molar-refractivity contribution >= 4 is 43.5 Å². The number of nitrogens with zero attached hydrogens (tertiary/aromatic N) is 2. The number of nitrogens with one attached hydrogen (secondary N) is 3. The van der Waals surface area contributed by atoms with Crippen molar-refractivity contribution in [3.63, 3.8) is 0 Å². The minimum absolute atomic E-state index is 0.167. The highest BCUT2D eigenvalue weighted by molar-refractivity contribution is 7.89. The Morgan fingerprint density at radius 2 is 1.93 bits per heavy atom. The fourth-order valence-electron chi connectivity index (χ4n) is 2.98. The molecule has 0 amide bonds. The van der Waals surface area contributed by atoms with Gasteiger partial charge in [0.2, 0.25) is 10.0 Å². The molecule has 2 aromatic carbocycles. The topological polar surface area (TPSA) is 109 Å². The maximum Gasteiger partial charge on any atom is 0.240 e. The Hall–Kier alpha value is -3.17. The van der Waals surface area contributed by atoms with Gasteiger partial charge in [0.1, 0.15) is 23.5 Å². The predicted molar refractivity (Wildman–Crippen MR) is 104 cm³/mol. The van der Waals surface area contributed by atoms with Crippen molar-refractivity contribution in [2.24, 2.45) is 0 Å². The molecule has 0 fully saturated rings. The zero-order valence-electron chi connectivity index (χ0n) is 14.6. The monoisotopic (exact) mass is 383 g/mol. The standard InChI is InChI=1S/C18H17N5O3S/c1-19-27(24,25)12-6-3-5-11(9-12)22-17-15-13-7-4-8-14(26-2)16(13)23-18(15)21-10-20-17/h3-10,19H,1-2H3,(H2,20,21,22,23). The smallest absolute Gasteiger partial charge is 0.240 e. The highest BCUT2D eigenvalue weighted by Gasteiger charge is 2.15. The van der Waals surface area contributed by atoms with Crippen LogP contribution in [0, 0.1) is 0 Å². The second kappa shape index (κ2) is 6.53. The Balaban J connectivity index is 1.85. The zero-order chi connectivity index (χ0) is 19.0. The number of aromatic amines is 1. The Morgan fingerprint density at radius 1 is 1.11 bits per heavy atom. The molecule has 0 aliphatic rings. The number of aromatic nitrogens is 3. The van der Waals surface area contributed by atoms with E-state index >= 15 is 0 Å². The van der Waals surface area contributed by atoms with E-state index in [1.807, 2.05) is 18.2 Å². The first-order chi connectivity index (χ1) is 13.0. The van der Waals surface area contributed by atoms with Crippen LogP contribution in [0.15, 0.2) is 53.7 Å². The van der Waals surface area contributed by atoms with E-state index in [1.165, 1.54) is 19.4 Å². The van der Waals surface area contributed by atoms with Gasteiger partial charge in [0.25, 0.3) is 0 Å². The molecule has 3 N–H and O–H groups in total. The van der Waals surface area contributed by atoms with Crippen LogP contribution in [-0.4, -0.2) is 37.5 Å². The first-order valence-corrected chi connectivity index (χ1v) is 9.62. The molecule has 9 heteroatoms. The van der Waals surface area contributed by atoms with Crippen molar-refractivity contribution in [1.82, 2.24) is 19.7 Å². The lowest BCUT2D eigenvalue weighted by Gasteiger charge is -2.09. The van der Waals surface area contributed by atoms with Crippen LogP contribution in [0.2, 0.25) is 0 Å². The number of para-hydroxylation sites is 1. The third-order valence-corrected chi connectivity index (χ3v) is 5.69. The molecule has 2 heterocycles. The predicted octanol–water partition coefficient (Wildman–Crippen LogP) is 2.77. The molecule has 0 unspecified atom stereocenters. The van der Waals surface area contributed by atoms with Crippen LogP contribution in [-0.2, 0) is 10.0 Å². The summed E-state index contributed by atoms with van der Waals surface area (Å²) >= 11 is 0. The maximum atomic E-state index is 12.0. The summed E-state index contributed by atoms with van der Waals surface area (Å²) in [5.41, 5.74) is 2.08. The van der Waals surface area contributed by atoms with Gasteiger partial charge in [0.15, 0.2) is 0 Å². The van der Waals surface area contributed by atoms with Crippen LogP contribution in [0.5, 0.6) is 5.75 Å². The molecule has 0 aliphatic carbocycles. The third kappa shape index (κ3) is 2.96. The highest BCUT2D eigenvalue weighted by Crippen LogP contribution is 2.34. The van der Waals surface area contributed by atoms with Crippen molar-refractivity contribution in [2.75, 3.05) is 19.5 Å². The summed E-state index contributed by atoms with van der Waals surface area (Å²) in [6.45, 7) is 0. The fourth-order valence-corrected chi connectivity index (χ4v) is 3.76. The second-order valence-electron chi connectivity index (χ2n) is 5.81. The Kier molecular flexibility index (Phi) is 4.17. The summed E-state index contributed by atoms with van der Waals surface area (Å²) < 4.78 is 31.8. The Bertz CT molecular complexity index is 1250. The van der Waals surface area contributed by atoms with Crippen LogP contribution in [0.25, 0.3) is 21.9 Å². The van der Waals surface area contributed by atoms with Gasteiger partial charge in [-0.15, -0.1) is 0 Å². The fraction of sp³-hybridized carbons (Fsp3) is 0.111. The van der Waals surface area contributed by atoms with Crippen molar-refractivity contribution in [3.8, 4) is 5.75 Å². The number of hydrogen-bond acceptors (Lipinski definition) is 6. The molecule has 0 radical (unpaired) electrons. The van der Waals surface area contributed by atoms with Crippen LogP contribution >= 0.6 is 0 Å². The van der Waals surface area contributed by atoms with E-state index in [0.717, 1.165) is 16.3 Å². The number of hydrogen-bond donors (Lipinski definition) is 3. The number of benzene rings is 2. The van der Waals surface area contributed by atoms with E-state index in [2.05, 4.69) is 25.0 Å². The normalized spacial score (nSPS) is 11.8. The number of sulfonamides is 1. The largest absolute Gasteiger partial charge is 0.495 e. The van der Waals surface area contributed by atoms with Gasteiger partial charge < -0.3 is 15.0 Å². The molecule has 0 aliphatic heterocycles. The number of methoxy groups -OCH3 is 1. The first-order valence-electron chi connectivity index (χ1n) is 8.13. The van der Waals surface area contributed by atoms with Gasteiger partial charge in [-0.25, -0.2) is 23.1 Å². The van der Waals surface area contributed by atoms with Gasteiger partial charge in [0, 0.05) is 11.1 Å². The third-order valence-electron chi connectivity index (χ3n) is 4.28. The average Bonchev–Trinajstić information content (AvgIpc) is 3.08. The van der Waals surface area contributed by atoms with E-state index in [4.69, 9.17) is 4.74 Å². The number of ether oxygens (including phenoxy) is 1. The minimum Gasteiger partial charge on any atom is -0.495 e. The number of anilines is 2. The lowest BCUT2D eigenvalue weighted by atomic mass is 10.2. The molecule has 0 atom stereocenters. The lowest BCUT2D eigenvalue weighted by Crippen LogP contribution is -2.18. The number of fused-ring (bicyclic) bond motifs is 3. The van der Waals surface area contributed by atoms with Gasteiger partial charge in [0.05, 0.1) is 22.9 Å². The van der Waals surface area contributed by atoms with Crippen molar-refractivity contribution < 1.29 is 13.2 Å². The van der Waals surface area contributed by atoms with Crippen LogP contribution in [0.1, 0.15) is 0 Å².